The second-order valence-electron chi connectivity index (χ2n) is 4.23. The van der Waals surface area contributed by atoms with Crippen LogP contribution in [0.15, 0.2) is 24.5 Å². The minimum Gasteiger partial charge on any atom is -0.325 e. The number of imidazole rings is 1. The Morgan fingerprint density at radius 3 is 2.85 bits per heavy atom. The largest absolute Gasteiger partial charge is 0.325 e. The quantitative estimate of drug-likeness (QED) is 0.495. The van der Waals surface area contributed by atoms with Crippen LogP contribution in [0.2, 0.25) is 0 Å². The molecule has 0 fully saturated rings. The first-order chi connectivity index (χ1) is 9.69. The summed E-state index contributed by atoms with van der Waals surface area (Å²) in [6.45, 7) is 1.24. The van der Waals surface area contributed by atoms with Crippen LogP contribution in [0.4, 0.5) is 4.39 Å². The molecule has 104 valence electrons. The Balaban J connectivity index is 2.01. The first kappa shape index (κ1) is 13.7. The van der Waals surface area contributed by atoms with Crippen molar-refractivity contribution in [3.8, 4) is 0 Å². The number of alkyl halides is 1. The average molecular weight is 406 g/mol. The summed E-state index contributed by atoms with van der Waals surface area (Å²) in [4.78, 5) is 4.45. The van der Waals surface area contributed by atoms with Gasteiger partial charge in [-0.25, -0.2) is 9.37 Å². The number of nitrogens with zero attached hydrogens (tertiary/aromatic N) is 5. The van der Waals surface area contributed by atoms with Crippen LogP contribution in [0.1, 0.15) is 5.82 Å². The van der Waals surface area contributed by atoms with E-state index in [4.69, 9.17) is 11.6 Å². The van der Waals surface area contributed by atoms with Crippen molar-refractivity contribution >= 4 is 45.2 Å². The van der Waals surface area contributed by atoms with Gasteiger partial charge >= 0.3 is 0 Å². The number of rotatable bonds is 4. The summed E-state index contributed by atoms with van der Waals surface area (Å²) < 4.78 is 17.9. The molecule has 0 unspecified atom stereocenters. The van der Waals surface area contributed by atoms with Gasteiger partial charge in [0.15, 0.2) is 0 Å². The summed E-state index contributed by atoms with van der Waals surface area (Å²) in [6, 6.07) is 3.23. The molecule has 0 spiro atoms. The number of benzene rings is 1. The van der Waals surface area contributed by atoms with Crippen LogP contribution in [-0.4, -0.2) is 24.5 Å². The van der Waals surface area contributed by atoms with Gasteiger partial charge in [-0.05, 0) is 28.7 Å². The SMILES string of the molecule is Fc1cc2c(cc1I)nc(CCl)n2CCn1ccnn1. The summed E-state index contributed by atoms with van der Waals surface area (Å²) >= 11 is 7.89. The van der Waals surface area contributed by atoms with E-state index in [1.54, 1.807) is 23.1 Å². The second kappa shape index (κ2) is 5.65. The number of aromatic nitrogens is 5. The molecule has 20 heavy (non-hydrogen) atoms. The van der Waals surface area contributed by atoms with Crippen LogP contribution in [0.5, 0.6) is 0 Å². The van der Waals surface area contributed by atoms with Crippen LogP contribution in [0, 0.1) is 9.39 Å². The zero-order valence-electron chi connectivity index (χ0n) is 10.3. The molecule has 0 aliphatic heterocycles. The molecule has 0 aliphatic rings. The molecule has 1 aromatic carbocycles. The Bertz CT molecular complexity index is 740. The lowest BCUT2D eigenvalue weighted by atomic mass is 10.3. The highest BCUT2D eigenvalue weighted by Gasteiger charge is 2.13. The standard InChI is InChI=1S/C12H10ClFIN5/c13-7-12-17-10-6-9(15)8(14)5-11(10)20(12)4-3-19-2-1-16-18-19/h1-2,5-6H,3-4,7H2. The highest BCUT2D eigenvalue weighted by atomic mass is 127. The molecule has 0 radical (unpaired) electrons. The van der Waals surface area contributed by atoms with Gasteiger partial charge in [-0.15, -0.1) is 16.7 Å². The van der Waals surface area contributed by atoms with Gasteiger partial charge in [0.1, 0.15) is 11.6 Å². The van der Waals surface area contributed by atoms with Gasteiger partial charge in [-0.3, -0.25) is 4.68 Å². The van der Waals surface area contributed by atoms with Crippen LogP contribution >= 0.6 is 34.2 Å². The summed E-state index contributed by atoms with van der Waals surface area (Å²) in [5, 5.41) is 7.66. The topological polar surface area (TPSA) is 48.5 Å². The number of fused-ring (bicyclic) bond motifs is 1. The van der Waals surface area contributed by atoms with E-state index in [1.807, 2.05) is 27.2 Å². The van der Waals surface area contributed by atoms with Crippen LogP contribution in [-0.2, 0) is 19.0 Å². The van der Waals surface area contributed by atoms with Crippen molar-refractivity contribution in [2.75, 3.05) is 0 Å². The smallest absolute Gasteiger partial charge is 0.138 e. The highest BCUT2D eigenvalue weighted by molar-refractivity contribution is 14.1. The van der Waals surface area contributed by atoms with Gasteiger partial charge in [-0.1, -0.05) is 5.21 Å². The number of halogens is 3. The number of hydrogen-bond acceptors (Lipinski definition) is 3. The molecule has 0 aliphatic carbocycles. The Labute approximate surface area is 132 Å². The summed E-state index contributed by atoms with van der Waals surface area (Å²) in [7, 11) is 0. The maximum absolute atomic E-state index is 13.7. The maximum Gasteiger partial charge on any atom is 0.138 e. The molecule has 8 heteroatoms. The fraction of sp³-hybridized carbons (Fsp3) is 0.250. The normalized spacial score (nSPS) is 11.3. The molecule has 3 rings (SSSR count). The van der Waals surface area contributed by atoms with Crippen molar-refractivity contribution in [2.24, 2.45) is 0 Å². The number of hydrogen-bond donors (Lipinski definition) is 0. The molecule has 2 heterocycles. The second-order valence-corrected chi connectivity index (χ2v) is 5.66. The Morgan fingerprint density at radius 1 is 1.30 bits per heavy atom. The molecule has 5 nitrogen and oxygen atoms in total. The van der Waals surface area contributed by atoms with E-state index in [0.29, 0.717) is 16.7 Å². The van der Waals surface area contributed by atoms with E-state index in [1.165, 1.54) is 6.07 Å². The van der Waals surface area contributed by atoms with Crippen molar-refractivity contribution in [2.45, 2.75) is 19.0 Å². The third-order valence-electron chi connectivity index (χ3n) is 3.01. The molecule has 3 aromatic rings. The van der Waals surface area contributed by atoms with E-state index in [-0.39, 0.29) is 11.7 Å². The predicted molar refractivity (Wildman–Crippen MR) is 82.0 cm³/mol. The molecule has 0 atom stereocenters. The lowest BCUT2D eigenvalue weighted by Gasteiger charge is -2.07. The Hall–Kier alpha value is -1.22. The van der Waals surface area contributed by atoms with Gasteiger partial charge < -0.3 is 4.57 Å². The van der Waals surface area contributed by atoms with Crippen LogP contribution in [0.25, 0.3) is 11.0 Å². The third-order valence-corrected chi connectivity index (χ3v) is 4.08. The molecule has 0 saturated heterocycles. The molecular weight excluding hydrogens is 396 g/mol. The van der Waals surface area contributed by atoms with Gasteiger partial charge in [0.25, 0.3) is 0 Å². The molecule has 0 amide bonds. The summed E-state index contributed by atoms with van der Waals surface area (Å²) in [5.41, 5.74) is 1.50. The third kappa shape index (κ3) is 2.51. The lowest BCUT2D eigenvalue weighted by molar-refractivity contribution is 0.518. The Kier molecular flexibility index (Phi) is 3.88. The summed E-state index contributed by atoms with van der Waals surface area (Å²) in [6.07, 6.45) is 3.40. The molecule has 0 N–H and O–H groups in total. The van der Waals surface area contributed by atoms with E-state index >= 15 is 0 Å². The van der Waals surface area contributed by atoms with E-state index in [0.717, 1.165) is 16.9 Å². The van der Waals surface area contributed by atoms with Crippen molar-refractivity contribution < 1.29 is 4.39 Å². The van der Waals surface area contributed by atoms with Gasteiger partial charge in [-0.2, -0.15) is 0 Å². The minimum atomic E-state index is -0.249. The van der Waals surface area contributed by atoms with Gasteiger partial charge in [0.05, 0.1) is 33.2 Å². The van der Waals surface area contributed by atoms with E-state index < -0.39 is 0 Å². The van der Waals surface area contributed by atoms with Crippen molar-refractivity contribution in [3.63, 3.8) is 0 Å². The Morgan fingerprint density at radius 2 is 2.15 bits per heavy atom. The van der Waals surface area contributed by atoms with Gasteiger partial charge in [0.2, 0.25) is 0 Å². The zero-order valence-corrected chi connectivity index (χ0v) is 13.2. The molecule has 0 bridgehead atoms. The molecular formula is C12H10ClFIN5. The molecule has 2 aromatic heterocycles. The fourth-order valence-corrected chi connectivity index (χ4v) is 2.73. The maximum atomic E-state index is 13.7. The number of aryl methyl sites for hydroxylation is 2. The predicted octanol–water partition coefficient (Wildman–Crippen LogP) is 2.81. The van der Waals surface area contributed by atoms with Crippen molar-refractivity contribution in [3.05, 3.63) is 39.7 Å². The van der Waals surface area contributed by atoms with E-state index in [9.17, 15) is 4.39 Å². The van der Waals surface area contributed by atoms with Crippen LogP contribution < -0.4 is 0 Å². The fourth-order valence-electron chi connectivity index (χ4n) is 2.08. The monoisotopic (exact) mass is 405 g/mol. The van der Waals surface area contributed by atoms with Gasteiger partial charge in [0, 0.05) is 18.8 Å². The van der Waals surface area contributed by atoms with E-state index in [2.05, 4.69) is 15.3 Å². The first-order valence-electron chi connectivity index (χ1n) is 5.93. The minimum absolute atomic E-state index is 0.249. The lowest BCUT2D eigenvalue weighted by Crippen LogP contribution is -2.10. The van der Waals surface area contributed by atoms with Crippen molar-refractivity contribution in [1.82, 2.24) is 24.5 Å². The summed E-state index contributed by atoms with van der Waals surface area (Å²) in [5.74, 6) is 0.758. The average Bonchev–Trinajstić information content (AvgIpc) is 3.05. The van der Waals surface area contributed by atoms with Crippen LogP contribution in [0.3, 0.4) is 0 Å². The highest BCUT2D eigenvalue weighted by Crippen LogP contribution is 2.22. The first-order valence-corrected chi connectivity index (χ1v) is 7.54. The van der Waals surface area contributed by atoms with Crippen molar-refractivity contribution in [1.29, 1.82) is 0 Å². The zero-order chi connectivity index (χ0) is 14.1. The molecule has 0 saturated carbocycles.